The van der Waals surface area contributed by atoms with Crippen LogP contribution in [0.2, 0.25) is 0 Å². The lowest BCUT2D eigenvalue weighted by Crippen LogP contribution is -2.15. The molecule has 0 unspecified atom stereocenters. The Kier molecular flexibility index (Phi) is 7.46. The average molecular weight is 423 g/mol. The van der Waals surface area contributed by atoms with Gasteiger partial charge in [0.1, 0.15) is 11.6 Å². The van der Waals surface area contributed by atoms with Crippen LogP contribution in [0, 0.1) is 11.3 Å². The Balaban J connectivity index is 2.30. The van der Waals surface area contributed by atoms with Crippen LogP contribution in [0.1, 0.15) is 31.1 Å². The molecule has 0 fully saturated rings. The number of anilines is 2. The Labute approximate surface area is 176 Å². The van der Waals surface area contributed by atoms with E-state index in [1.807, 2.05) is 0 Å². The molecule has 1 amide bonds. The van der Waals surface area contributed by atoms with Gasteiger partial charge in [-0.1, -0.05) is 6.07 Å². The smallest absolute Gasteiger partial charge is 0.339 e. The molecule has 0 saturated heterocycles. The average Bonchev–Trinajstić information content (AvgIpc) is 2.78. The zero-order valence-electron chi connectivity index (χ0n) is 16.5. The summed E-state index contributed by atoms with van der Waals surface area (Å²) in [4.78, 5) is 47.2. The number of aromatic carboxylic acids is 1. The molecule has 0 aliphatic heterocycles. The molecule has 31 heavy (non-hydrogen) atoms. The lowest BCUT2D eigenvalue weighted by Gasteiger charge is -2.10. The van der Waals surface area contributed by atoms with E-state index in [1.54, 1.807) is 6.07 Å². The van der Waals surface area contributed by atoms with Gasteiger partial charge in [-0.05, 0) is 36.4 Å². The minimum atomic E-state index is -1.17. The highest BCUT2D eigenvalue weighted by molar-refractivity contribution is 6.07. The normalized spacial score (nSPS) is 10.4. The number of nitrogens with zero attached hydrogens (tertiary/aromatic N) is 1. The van der Waals surface area contributed by atoms with Crippen LogP contribution in [0.3, 0.4) is 0 Å². The first-order valence-corrected chi connectivity index (χ1v) is 8.63. The van der Waals surface area contributed by atoms with Crippen LogP contribution in [0.4, 0.5) is 11.4 Å². The predicted molar refractivity (Wildman–Crippen MR) is 108 cm³/mol. The summed E-state index contributed by atoms with van der Waals surface area (Å²) in [7, 11) is 2.37. The zero-order chi connectivity index (χ0) is 23.0. The molecule has 0 radical (unpaired) electrons. The molecular formula is C21H17N3O7. The highest BCUT2D eigenvalue weighted by atomic mass is 16.5. The van der Waals surface area contributed by atoms with E-state index in [0.717, 1.165) is 6.20 Å². The fraction of sp³-hybridized carbons (Fsp3) is 0.0952. The van der Waals surface area contributed by atoms with Gasteiger partial charge in [0, 0.05) is 11.9 Å². The lowest BCUT2D eigenvalue weighted by atomic mass is 10.1. The fourth-order valence-corrected chi connectivity index (χ4v) is 2.42. The molecule has 0 atom stereocenters. The maximum Gasteiger partial charge on any atom is 0.339 e. The van der Waals surface area contributed by atoms with Crippen molar-refractivity contribution in [1.29, 1.82) is 5.26 Å². The fourth-order valence-electron chi connectivity index (χ4n) is 2.42. The second kappa shape index (κ2) is 10.2. The number of nitriles is 1. The predicted octanol–water partition coefficient (Wildman–Crippen LogP) is 2.42. The van der Waals surface area contributed by atoms with Crippen molar-refractivity contribution in [2.75, 3.05) is 24.9 Å². The quantitative estimate of drug-likeness (QED) is 0.346. The van der Waals surface area contributed by atoms with Crippen molar-refractivity contribution in [3.8, 4) is 6.07 Å². The van der Waals surface area contributed by atoms with Crippen LogP contribution < -0.4 is 10.6 Å². The third-order valence-electron chi connectivity index (χ3n) is 3.95. The van der Waals surface area contributed by atoms with Gasteiger partial charge in [0.05, 0.1) is 36.6 Å². The Hall–Kier alpha value is -4.65. The number of rotatable bonds is 7. The molecule has 2 aromatic rings. The maximum atomic E-state index is 12.4. The second-order valence-corrected chi connectivity index (χ2v) is 5.90. The molecule has 10 heteroatoms. The molecule has 0 aromatic heterocycles. The van der Waals surface area contributed by atoms with Crippen LogP contribution in [-0.4, -0.2) is 43.1 Å². The highest BCUT2D eigenvalue weighted by Gasteiger charge is 2.16. The number of hydrogen-bond acceptors (Lipinski definition) is 8. The number of methoxy groups -OCH3 is 2. The molecule has 0 bridgehead atoms. The number of carbonyl (C=O) groups is 4. The first-order chi connectivity index (χ1) is 14.8. The van der Waals surface area contributed by atoms with Crippen molar-refractivity contribution in [1.82, 2.24) is 0 Å². The van der Waals surface area contributed by atoms with Crippen molar-refractivity contribution in [2.24, 2.45) is 0 Å². The van der Waals surface area contributed by atoms with Crippen molar-refractivity contribution in [3.63, 3.8) is 0 Å². The maximum absolute atomic E-state index is 12.4. The molecule has 2 aromatic carbocycles. The third kappa shape index (κ3) is 5.68. The number of carboxylic acids is 1. The Morgan fingerprint density at radius 2 is 1.71 bits per heavy atom. The molecule has 10 nitrogen and oxygen atoms in total. The van der Waals surface area contributed by atoms with Gasteiger partial charge in [0.25, 0.3) is 5.91 Å². The minimum Gasteiger partial charge on any atom is -0.478 e. The molecule has 2 rings (SSSR count). The number of ether oxygens (including phenoxy) is 2. The number of carboxylic acid groups (broad SMARTS) is 1. The van der Waals surface area contributed by atoms with Crippen LogP contribution >= 0.6 is 0 Å². The number of carbonyl (C=O) groups excluding carboxylic acids is 3. The first-order valence-electron chi connectivity index (χ1n) is 8.63. The third-order valence-corrected chi connectivity index (χ3v) is 3.95. The van der Waals surface area contributed by atoms with Crippen molar-refractivity contribution >= 4 is 35.2 Å². The van der Waals surface area contributed by atoms with E-state index in [4.69, 9.17) is 5.11 Å². The van der Waals surface area contributed by atoms with Gasteiger partial charge in [0.15, 0.2) is 0 Å². The second-order valence-electron chi connectivity index (χ2n) is 5.90. The topological polar surface area (TPSA) is 155 Å². The summed E-state index contributed by atoms with van der Waals surface area (Å²) in [6.07, 6.45) is 1.04. The van der Waals surface area contributed by atoms with Gasteiger partial charge in [-0.3, -0.25) is 4.79 Å². The summed E-state index contributed by atoms with van der Waals surface area (Å²) in [5, 5.41) is 23.4. The Morgan fingerprint density at radius 1 is 1.00 bits per heavy atom. The van der Waals surface area contributed by atoms with E-state index in [1.165, 1.54) is 56.7 Å². The zero-order valence-corrected chi connectivity index (χ0v) is 16.5. The van der Waals surface area contributed by atoms with Gasteiger partial charge in [0.2, 0.25) is 0 Å². The highest BCUT2D eigenvalue weighted by Crippen LogP contribution is 2.20. The summed E-state index contributed by atoms with van der Waals surface area (Å²) in [5.41, 5.74) is 0.0377. The van der Waals surface area contributed by atoms with Crippen LogP contribution in [0.5, 0.6) is 0 Å². The van der Waals surface area contributed by atoms with Crippen LogP contribution in [-0.2, 0) is 14.3 Å². The van der Waals surface area contributed by atoms with E-state index in [0.29, 0.717) is 0 Å². The van der Waals surface area contributed by atoms with Gasteiger partial charge >= 0.3 is 17.9 Å². The van der Waals surface area contributed by atoms with E-state index < -0.39 is 23.8 Å². The molecule has 3 N–H and O–H groups in total. The van der Waals surface area contributed by atoms with Gasteiger partial charge in [-0.15, -0.1) is 0 Å². The first kappa shape index (κ1) is 22.6. The van der Waals surface area contributed by atoms with Gasteiger partial charge in [-0.2, -0.15) is 5.26 Å². The van der Waals surface area contributed by atoms with Crippen LogP contribution in [0.15, 0.2) is 54.2 Å². The van der Waals surface area contributed by atoms with Crippen molar-refractivity contribution in [3.05, 3.63) is 70.9 Å². The summed E-state index contributed by atoms with van der Waals surface area (Å²) in [6, 6.07) is 11.2. The number of esters is 2. The summed E-state index contributed by atoms with van der Waals surface area (Å²) < 4.78 is 9.32. The number of amides is 1. The molecular weight excluding hydrogens is 406 g/mol. The summed E-state index contributed by atoms with van der Waals surface area (Å²) >= 11 is 0. The van der Waals surface area contributed by atoms with Crippen LogP contribution in [0.25, 0.3) is 0 Å². The molecule has 158 valence electrons. The number of benzene rings is 2. The standard InChI is InChI=1S/C21H17N3O7/c1-30-20(28)13-6-7-16(21(29)31-2)17(9-13)23-11-14(10-22)18(25)24-15-5-3-4-12(8-15)19(26)27/h3-9,11,23H,1-2H3,(H,24,25)(H,26,27)/b14-11-. The summed E-state index contributed by atoms with van der Waals surface area (Å²) in [6.45, 7) is 0. The molecule has 0 saturated carbocycles. The number of hydrogen-bond donors (Lipinski definition) is 3. The molecule has 0 spiro atoms. The Bertz CT molecular complexity index is 1120. The largest absolute Gasteiger partial charge is 0.478 e. The monoisotopic (exact) mass is 423 g/mol. The lowest BCUT2D eigenvalue weighted by molar-refractivity contribution is -0.112. The number of nitrogens with one attached hydrogen (secondary N) is 2. The Morgan fingerprint density at radius 3 is 2.32 bits per heavy atom. The molecule has 0 aliphatic rings. The van der Waals surface area contributed by atoms with E-state index >= 15 is 0 Å². The SMILES string of the molecule is COC(=O)c1ccc(C(=O)OC)c(N/C=C(/C#N)C(=O)Nc2cccc(C(=O)O)c2)c1. The van der Waals surface area contributed by atoms with Gasteiger partial charge in [-0.25, -0.2) is 14.4 Å². The van der Waals surface area contributed by atoms with Crippen molar-refractivity contribution in [2.45, 2.75) is 0 Å². The van der Waals surface area contributed by atoms with E-state index in [-0.39, 0.29) is 33.6 Å². The molecule has 0 heterocycles. The van der Waals surface area contributed by atoms with Gasteiger partial charge < -0.3 is 25.2 Å². The van der Waals surface area contributed by atoms with E-state index in [2.05, 4.69) is 20.1 Å². The molecule has 0 aliphatic carbocycles. The summed E-state index contributed by atoms with van der Waals surface area (Å²) in [5.74, 6) is -3.35. The minimum absolute atomic E-state index is 0.0410. The van der Waals surface area contributed by atoms with E-state index in [9.17, 15) is 24.4 Å². The van der Waals surface area contributed by atoms with Crippen molar-refractivity contribution < 1.29 is 33.8 Å².